The zero-order valence-electron chi connectivity index (χ0n) is 42.1. The Morgan fingerprint density at radius 1 is 0.701 bits per heavy atom. The summed E-state index contributed by atoms with van der Waals surface area (Å²) in [5.74, 6) is -4.76. The van der Waals surface area contributed by atoms with E-state index in [0.29, 0.717) is 6.07 Å². The predicted molar refractivity (Wildman–Crippen MR) is 274 cm³/mol. The topological polar surface area (TPSA) is 155 Å². The molecule has 4 aliphatic rings. The van der Waals surface area contributed by atoms with E-state index in [9.17, 15) is 38.1 Å². The van der Waals surface area contributed by atoms with Crippen LogP contribution in [0.1, 0.15) is 87.2 Å². The first kappa shape index (κ1) is 56.2. The van der Waals surface area contributed by atoms with Crippen molar-refractivity contribution in [3.05, 3.63) is 106 Å². The van der Waals surface area contributed by atoms with E-state index in [1.54, 1.807) is 6.07 Å². The lowest BCUT2D eigenvalue weighted by atomic mass is 9.89. The molecule has 4 saturated heterocycles. The Morgan fingerprint density at radius 2 is 1.18 bits per heavy atom. The van der Waals surface area contributed by atoms with E-state index in [4.69, 9.17) is 38.6 Å². The van der Waals surface area contributed by atoms with Crippen molar-refractivity contribution in [1.82, 2.24) is 10.2 Å². The van der Waals surface area contributed by atoms with Crippen molar-refractivity contribution in [2.45, 2.75) is 82.9 Å². The molecular weight excluding hydrogens is 1060 g/mol. The molecule has 77 heavy (non-hydrogen) atoms. The lowest BCUT2D eigenvalue weighted by molar-refractivity contribution is -0.150. The van der Waals surface area contributed by atoms with Gasteiger partial charge in [0, 0.05) is 29.1 Å². The summed E-state index contributed by atoms with van der Waals surface area (Å²) in [6, 6.07) is 13.6. The zero-order valence-corrected chi connectivity index (χ0v) is 43.7. The summed E-state index contributed by atoms with van der Waals surface area (Å²) >= 11 is 11.4. The summed E-state index contributed by atoms with van der Waals surface area (Å²) in [6.07, 6.45) is -8.11. The first-order chi connectivity index (χ1) is 36.3. The normalized spacial score (nSPS) is 18.9. The van der Waals surface area contributed by atoms with Crippen LogP contribution in [-0.4, -0.2) is 90.5 Å². The van der Waals surface area contributed by atoms with Gasteiger partial charge in [-0.25, -0.2) is 13.6 Å². The maximum Gasteiger partial charge on any atom is 0.418 e. The highest BCUT2D eigenvalue weighted by Crippen LogP contribution is 2.48. The minimum absolute atomic E-state index is 0.0398. The van der Waals surface area contributed by atoms with Crippen LogP contribution in [0.25, 0.3) is 0 Å². The molecule has 24 heteroatoms. The summed E-state index contributed by atoms with van der Waals surface area (Å²) < 4.78 is 136. The number of nitrogens with zero attached hydrogens (tertiary/aromatic N) is 7. The van der Waals surface area contributed by atoms with Crippen molar-refractivity contribution in [2.75, 3.05) is 66.1 Å². The number of ether oxygens (including phenoxy) is 3. The molecule has 0 radical (unpaired) electrons. The number of halogens is 8. The Hall–Kier alpha value is -6.99. The van der Waals surface area contributed by atoms with Crippen LogP contribution < -0.4 is 34.4 Å². The highest BCUT2D eigenvalue weighted by Gasteiger charge is 2.54. The Morgan fingerprint density at radius 3 is 1.66 bits per heavy atom. The number of hydrogen-bond acceptors (Lipinski definition) is 12. The third-order valence-electron chi connectivity index (χ3n) is 14.4. The largest absolute Gasteiger partial charge is 0.490 e. The fraction of sp³-hybridized carbons (Fsp3) is 0.415. The van der Waals surface area contributed by atoms with E-state index in [1.807, 2.05) is 0 Å². The molecule has 0 bridgehead atoms. The Balaban J connectivity index is 1.02. The molecule has 2 amide bonds. The van der Waals surface area contributed by atoms with Crippen molar-refractivity contribution in [1.29, 1.82) is 10.5 Å². The van der Waals surface area contributed by atoms with Crippen molar-refractivity contribution >= 4 is 75.2 Å². The molecule has 0 aromatic heterocycles. The van der Waals surface area contributed by atoms with E-state index < -0.39 is 92.4 Å². The van der Waals surface area contributed by atoms with Gasteiger partial charge in [-0.1, -0.05) is 0 Å². The Kier molecular flexibility index (Phi) is 15.7. The van der Waals surface area contributed by atoms with E-state index in [-0.39, 0.29) is 89.8 Å². The average Bonchev–Trinajstić information content (AvgIpc) is 3.80. The summed E-state index contributed by atoms with van der Waals surface area (Å²) in [6.45, 7) is 7.50. The van der Waals surface area contributed by atoms with Gasteiger partial charge in [0.15, 0.2) is 33.4 Å². The van der Waals surface area contributed by atoms with Gasteiger partial charge in [-0.15, -0.1) is 0 Å². The minimum Gasteiger partial charge on any atom is -0.490 e. The van der Waals surface area contributed by atoms with Gasteiger partial charge < -0.3 is 29.3 Å². The number of amides is 2. The van der Waals surface area contributed by atoms with Gasteiger partial charge in [0.25, 0.3) is 11.8 Å². The van der Waals surface area contributed by atoms with Gasteiger partial charge >= 0.3 is 18.3 Å². The highest BCUT2D eigenvalue weighted by atomic mass is 32.1. The lowest BCUT2D eigenvalue weighted by Gasteiger charge is -2.38. The number of carbonyl (C=O) groups excluding carboxylic acids is 3. The summed E-state index contributed by atoms with van der Waals surface area (Å²) in [4.78, 5) is 48.0. The predicted octanol–water partition coefficient (Wildman–Crippen LogP) is 9.96. The molecule has 14 nitrogen and oxygen atoms in total. The maximum absolute atomic E-state index is 15.9. The van der Waals surface area contributed by atoms with Crippen molar-refractivity contribution in [2.24, 2.45) is 11.8 Å². The molecule has 4 fully saturated rings. The molecule has 0 saturated carbocycles. The molecule has 0 spiro atoms. The SMILES string of the molecule is COC(=O)C(c1c(N2C(=O)C(C)(C)N(c3ccc(OCC4CCNCC4)c(F)c3)C2=S)ccc(C#N)c1C(F)(F)F)N1CCC(COc2ccc(N3C(=S)N(c4ccc(C#N)c(C(F)(F)F)c4)C(=O)C3(C)C)cc2F)CC1. The average molecular weight is 1110 g/mol. The molecule has 1 unspecified atom stereocenters. The number of nitriles is 2. The van der Waals surface area contributed by atoms with Crippen LogP contribution in [0.4, 0.5) is 57.9 Å². The van der Waals surface area contributed by atoms with Crippen LogP contribution in [0.2, 0.25) is 0 Å². The molecule has 4 heterocycles. The highest BCUT2D eigenvalue weighted by molar-refractivity contribution is 7.81. The van der Waals surface area contributed by atoms with Crippen molar-refractivity contribution < 1.29 is 63.7 Å². The molecule has 1 N–H and O–H groups in total. The van der Waals surface area contributed by atoms with E-state index in [1.165, 1.54) is 72.7 Å². The maximum atomic E-state index is 15.9. The molecule has 4 aromatic rings. The molecule has 8 rings (SSSR count). The van der Waals surface area contributed by atoms with Gasteiger partial charge in [-0.2, -0.15) is 36.9 Å². The fourth-order valence-electron chi connectivity index (χ4n) is 10.3. The van der Waals surface area contributed by atoms with E-state index in [2.05, 4.69) is 5.32 Å². The van der Waals surface area contributed by atoms with E-state index >= 15 is 22.0 Å². The van der Waals surface area contributed by atoms with Gasteiger partial charge in [-0.3, -0.25) is 24.3 Å². The van der Waals surface area contributed by atoms with Crippen LogP contribution in [0, 0.1) is 46.1 Å². The Bertz CT molecular complexity index is 3130. The molecule has 1 atom stereocenters. The minimum atomic E-state index is -5.27. The van der Waals surface area contributed by atoms with Crippen LogP contribution in [0.3, 0.4) is 0 Å². The number of thiocarbonyl (C=S) groups is 2. The molecular formula is C53H50F8N8O6S2. The number of alkyl halides is 6. The number of hydrogen-bond donors (Lipinski definition) is 1. The van der Waals surface area contributed by atoms with Crippen LogP contribution in [0.15, 0.2) is 66.7 Å². The quantitative estimate of drug-likeness (QED) is 0.0767. The summed E-state index contributed by atoms with van der Waals surface area (Å²) in [5, 5.41) is 22.0. The second-order valence-corrected chi connectivity index (χ2v) is 20.7. The lowest BCUT2D eigenvalue weighted by Crippen LogP contribution is -2.44. The first-order valence-corrected chi connectivity index (χ1v) is 25.1. The number of anilines is 4. The number of likely N-dealkylation sites (tertiary alicyclic amines) is 1. The number of piperidine rings is 2. The van der Waals surface area contributed by atoms with Crippen molar-refractivity contribution in [3.63, 3.8) is 0 Å². The smallest absolute Gasteiger partial charge is 0.418 e. The third kappa shape index (κ3) is 10.6. The summed E-state index contributed by atoms with van der Waals surface area (Å²) in [5.41, 5.74) is -8.74. The number of rotatable bonds is 13. The van der Waals surface area contributed by atoms with Crippen molar-refractivity contribution in [3.8, 4) is 23.6 Å². The zero-order chi connectivity index (χ0) is 56.1. The number of carbonyl (C=O) groups is 3. The fourth-order valence-corrected chi connectivity index (χ4v) is 11.3. The number of nitrogens with one attached hydrogen (secondary N) is 1. The van der Waals surface area contributed by atoms with Gasteiger partial charge in [-0.05, 0) is 170 Å². The monoisotopic (exact) mass is 1110 g/mol. The van der Waals surface area contributed by atoms with Gasteiger partial charge in [0.2, 0.25) is 0 Å². The third-order valence-corrected chi connectivity index (χ3v) is 15.1. The van der Waals surface area contributed by atoms with Crippen LogP contribution >= 0.6 is 24.4 Å². The number of methoxy groups -OCH3 is 1. The Labute approximate surface area is 448 Å². The second-order valence-electron chi connectivity index (χ2n) is 20.0. The van der Waals surface area contributed by atoms with E-state index in [0.717, 1.165) is 79.2 Å². The summed E-state index contributed by atoms with van der Waals surface area (Å²) in [7, 11) is 0.982. The standard InChI is InChI=1S/C53H50F8N8O6S2/c1-50(2)46(71)66(33-8-6-31(25-62)36(22-33)52(56,57)58)48(76)68(50)34-9-12-41(37(54)23-34)75-28-30-16-20-65(21-17-30)44(45(70)73-5)42-39(11-7-32(26-63)43(42)53(59,60)61)67-47(72)51(3,4)69(49(67)77)35-10-13-40(38(55)24-35)74-27-29-14-18-64-19-15-29/h6-13,22-24,29-30,44,64H,14-21,27-28H2,1-5H3. The second kappa shape index (κ2) is 21.4. The van der Waals surface area contributed by atoms with Gasteiger partial charge in [0.1, 0.15) is 17.1 Å². The molecule has 4 aromatic carbocycles. The van der Waals surface area contributed by atoms with Crippen LogP contribution in [0.5, 0.6) is 11.5 Å². The number of esters is 1. The molecule has 4 aliphatic heterocycles. The number of benzene rings is 4. The molecule has 0 aliphatic carbocycles. The van der Waals surface area contributed by atoms with Crippen LogP contribution in [-0.2, 0) is 31.5 Å². The first-order valence-electron chi connectivity index (χ1n) is 24.3. The molecule has 406 valence electrons. The van der Waals surface area contributed by atoms with Gasteiger partial charge in [0.05, 0.1) is 66.1 Å².